The van der Waals surface area contributed by atoms with E-state index in [1.165, 1.54) is 5.56 Å². The van der Waals surface area contributed by atoms with Gasteiger partial charge in [-0.3, -0.25) is 0 Å². The minimum absolute atomic E-state index is 0.261. The van der Waals surface area contributed by atoms with Gasteiger partial charge in [-0.1, -0.05) is 6.07 Å². The van der Waals surface area contributed by atoms with Gasteiger partial charge in [-0.2, -0.15) is 0 Å². The maximum absolute atomic E-state index is 5.44. The maximum atomic E-state index is 5.44. The van der Waals surface area contributed by atoms with E-state index >= 15 is 0 Å². The third-order valence-corrected chi connectivity index (χ3v) is 3.17. The van der Waals surface area contributed by atoms with E-state index < -0.39 is 0 Å². The second-order valence-electron chi connectivity index (χ2n) is 4.67. The highest BCUT2D eigenvalue weighted by Gasteiger charge is 2.05. The van der Waals surface area contributed by atoms with Crippen molar-refractivity contribution >= 4 is 34.1 Å². The molecule has 5 heteroatoms. The smallest absolute Gasteiger partial charge is 0.168 e. The van der Waals surface area contributed by atoms with E-state index in [-0.39, 0.29) is 5.11 Å². The monoisotopic (exact) mass is 282 g/mol. The van der Waals surface area contributed by atoms with Crippen molar-refractivity contribution in [3.8, 4) is 11.4 Å². The van der Waals surface area contributed by atoms with Crippen molar-refractivity contribution in [2.45, 2.75) is 6.92 Å². The summed E-state index contributed by atoms with van der Waals surface area (Å²) < 4.78 is 0. The van der Waals surface area contributed by atoms with E-state index in [2.05, 4.69) is 34.3 Å². The van der Waals surface area contributed by atoms with Crippen molar-refractivity contribution in [1.82, 2.24) is 9.97 Å². The first-order valence-electron chi connectivity index (χ1n) is 6.25. The first kappa shape index (κ1) is 12.6. The zero-order valence-electron chi connectivity index (χ0n) is 11.0. The molecule has 0 radical (unpaired) electrons. The van der Waals surface area contributed by atoms with Crippen molar-refractivity contribution < 1.29 is 0 Å². The summed E-state index contributed by atoms with van der Waals surface area (Å²) in [6.07, 6.45) is 0. The lowest BCUT2D eigenvalue weighted by Gasteiger charge is -2.03. The average Bonchev–Trinajstić information content (AvgIpc) is 2.81. The Hall–Kier alpha value is -2.40. The Morgan fingerprint density at radius 1 is 1.20 bits per heavy atom. The fourth-order valence-electron chi connectivity index (χ4n) is 2.11. The quantitative estimate of drug-likeness (QED) is 0.631. The number of anilines is 1. The van der Waals surface area contributed by atoms with Crippen molar-refractivity contribution in [3.63, 3.8) is 0 Å². The molecule has 0 atom stereocenters. The molecule has 1 aromatic heterocycles. The molecule has 0 aliphatic carbocycles. The third kappa shape index (κ3) is 2.48. The van der Waals surface area contributed by atoms with Crippen LogP contribution in [-0.2, 0) is 0 Å². The highest BCUT2D eigenvalue weighted by molar-refractivity contribution is 7.80. The molecule has 1 heterocycles. The molecule has 0 saturated carbocycles. The number of aromatic amines is 1. The van der Waals surface area contributed by atoms with Gasteiger partial charge in [-0.15, -0.1) is 0 Å². The Morgan fingerprint density at radius 2 is 1.95 bits per heavy atom. The summed E-state index contributed by atoms with van der Waals surface area (Å²) in [6.45, 7) is 2.07. The summed E-state index contributed by atoms with van der Waals surface area (Å²) in [4.78, 5) is 7.92. The number of benzene rings is 2. The zero-order valence-corrected chi connectivity index (χ0v) is 11.8. The highest BCUT2D eigenvalue weighted by atomic mass is 32.1. The van der Waals surface area contributed by atoms with Crippen LogP contribution in [0.2, 0.25) is 0 Å². The highest BCUT2D eigenvalue weighted by Crippen LogP contribution is 2.22. The summed E-state index contributed by atoms with van der Waals surface area (Å²) in [7, 11) is 0. The van der Waals surface area contributed by atoms with Gasteiger partial charge in [0, 0.05) is 11.3 Å². The number of nitrogens with zero attached hydrogens (tertiary/aromatic N) is 1. The van der Waals surface area contributed by atoms with E-state index in [0.717, 1.165) is 28.1 Å². The van der Waals surface area contributed by atoms with Crippen LogP contribution in [-0.4, -0.2) is 15.1 Å². The molecule has 0 saturated heterocycles. The molecule has 0 amide bonds. The molecule has 3 aromatic rings. The van der Waals surface area contributed by atoms with Crippen LogP contribution in [0.3, 0.4) is 0 Å². The zero-order chi connectivity index (χ0) is 14.1. The fourth-order valence-corrected chi connectivity index (χ4v) is 2.23. The molecule has 3 rings (SSSR count). The second kappa shape index (κ2) is 4.94. The predicted molar refractivity (Wildman–Crippen MR) is 86.7 cm³/mol. The summed E-state index contributed by atoms with van der Waals surface area (Å²) >= 11 is 4.81. The molecule has 0 fully saturated rings. The molecular weight excluding hydrogens is 268 g/mol. The lowest BCUT2D eigenvalue weighted by atomic mass is 10.2. The summed E-state index contributed by atoms with van der Waals surface area (Å²) in [5.41, 5.74) is 10.6. The van der Waals surface area contributed by atoms with Crippen LogP contribution in [0.1, 0.15) is 5.56 Å². The van der Waals surface area contributed by atoms with E-state index in [0.29, 0.717) is 0 Å². The Balaban J connectivity index is 1.96. The fraction of sp³-hybridized carbons (Fsp3) is 0.0667. The molecule has 20 heavy (non-hydrogen) atoms. The molecule has 0 aliphatic rings. The van der Waals surface area contributed by atoms with Gasteiger partial charge in [0.15, 0.2) is 5.11 Å². The largest absolute Gasteiger partial charge is 0.376 e. The maximum Gasteiger partial charge on any atom is 0.168 e. The van der Waals surface area contributed by atoms with Crippen molar-refractivity contribution in [1.29, 1.82) is 0 Å². The number of H-pyrrole nitrogens is 1. The molecule has 0 spiro atoms. The van der Waals surface area contributed by atoms with Crippen molar-refractivity contribution in [2.24, 2.45) is 5.73 Å². The number of aryl methyl sites for hydroxylation is 1. The Labute approximate surface area is 122 Å². The minimum Gasteiger partial charge on any atom is -0.376 e. The topological polar surface area (TPSA) is 66.7 Å². The van der Waals surface area contributed by atoms with Crippen LogP contribution < -0.4 is 11.1 Å². The molecule has 4 nitrogen and oxygen atoms in total. The number of hydrogen-bond acceptors (Lipinski definition) is 2. The van der Waals surface area contributed by atoms with E-state index in [1.807, 2.05) is 30.3 Å². The van der Waals surface area contributed by atoms with Gasteiger partial charge in [0.05, 0.1) is 11.0 Å². The van der Waals surface area contributed by atoms with Crippen LogP contribution >= 0.6 is 12.2 Å². The number of imidazole rings is 1. The van der Waals surface area contributed by atoms with Crippen LogP contribution in [0, 0.1) is 6.92 Å². The Kier molecular flexibility index (Phi) is 3.12. The number of fused-ring (bicyclic) bond motifs is 1. The van der Waals surface area contributed by atoms with Crippen LogP contribution in [0.5, 0.6) is 0 Å². The molecule has 2 aromatic carbocycles. The van der Waals surface area contributed by atoms with E-state index in [9.17, 15) is 0 Å². The van der Waals surface area contributed by atoms with Crippen LogP contribution in [0.15, 0.2) is 42.5 Å². The van der Waals surface area contributed by atoms with E-state index in [1.54, 1.807) is 0 Å². The summed E-state index contributed by atoms with van der Waals surface area (Å²) in [6, 6.07) is 14.0. The van der Waals surface area contributed by atoms with Gasteiger partial charge < -0.3 is 16.0 Å². The van der Waals surface area contributed by atoms with Crippen LogP contribution in [0.4, 0.5) is 5.69 Å². The van der Waals surface area contributed by atoms with Gasteiger partial charge in [0.1, 0.15) is 5.82 Å². The second-order valence-corrected chi connectivity index (χ2v) is 5.11. The lowest BCUT2D eigenvalue weighted by Crippen LogP contribution is -2.18. The SMILES string of the molecule is Cc1ccc2nc(-c3ccc(NC(N)=S)cc3)[nH]c2c1. The number of aromatic nitrogens is 2. The van der Waals surface area contributed by atoms with Gasteiger partial charge in [0.25, 0.3) is 0 Å². The molecular formula is C15H14N4S. The number of thiocarbonyl (C=S) groups is 1. The van der Waals surface area contributed by atoms with Gasteiger partial charge in [0.2, 0.25) is 0 Å². The Morgan fingerprint density at radius 3 is 2.65 bits per heavy atom. The number of hydrogen-bond donors (Lipinski definition) is 3. The van der Waals surface area contributed by atoms with E-state index in [4.69, 9.17) is 18.0 Å². The standard InChI is InChI=1S/C15H14N4S/c1-9-2-7-12-13(8-9)19-14(18-12)10-3-5-11(6-4-10)17-15(16)20/h2-8H,1H3,(H,18,19)(H3,16,17,20). The molecule has 4 N–H and O–H groups in total. The van der Waals surface area contributed by atoms with Crippen molar-refractivity contribution in [2.75, 3.05) is 5.32 Å². The number of nitrogens with two attached hydrogens (primary N) is 1. The first-order valence-corrected chi connectivity index (χ1v) is 6.66. The molecule has 0 aliphatic heterocycles. The minimum atomic E-state index is 0.261. The number of nitrogens with one attached hydrogen (secondary N) is 2. The Bertz CT molecular complexity index is 774. The summed E-state index contributed by atoms with van der Waals surface area (Å²) in [5, 5.41) is 3.16. The molecule has 100 valence electrons. The lowest BCUT2D eigenvalue weighted by molar-refractivity contribution is 1.34. The van der Waals surface area contributed by atoms with Gasteiger partial charge in [-0.05, 0) is 61.1 Å². The third-order valence-electron chi connectivity index (χ3n) is 3.06. The first-order chi connectivity index (χ1) is 9.61. The van der Waals surface area contributed by atoms with Crippen molar-refractivity contribution in [3.05, 3.63) is 48.0 Å². The number of rotatable bonds is 2. The van der Waals surface area contributed by atoms with Gasteiger partial charge >= 0.3 is 0 Å². The molecule has 0 unspecified atom stereocenters. The predicted octanol–water partition coefficient (Wildman–Crippen LogP) is 3.19. The average molecular weight is 282 g/mol. The summed E-state index contributed by atoms with van der Waals surface area (Å²) in [5.74, 6) is 0.854. The normalized spacial score (nSPS) is 10.7. The molecule has 0 bridgehead atoms. The van der Waals surface area contributed by atoms with Crippen LogP contribution in [0.25, 0.3) is 22.4 Å². The van der Waals surface area contributed by atoms with Gasteiger partial charge in [-0.25, -0.2) is 4.98 Å².